The second kappa shape index (κ2) is 6.92. The van der Waals surface area contributed by atoms with Crippen LogP contribution < -0.4 is 11.1 Å². The first-order chi connectivity index (χ1) is 9.01. The van der Waals surface area contributed by atoms with Crippen molar-refractivity contribution >= 4 is 17.5 Å². The molecule has 1 rings (SSSR count). The van der Waals surface area contributed by atoms with E-state index in [0.29, 0.717) is 24.7 Å². The molecule has 0 radical (unpaired) electrons. The first-order valence-corrected chi connectivity index (χ1v) is 6.63. The molecule has 106 valence electrons. The van der Waals surface area contributed by atoms with Gasteiger partial charge in [-0.2, -0.15) is 0 Å². The van der Waals surface area contributed by atoms with Gasteiger partial charge in [0, 0.05) is 18.7 Å². The minimum Gasteiger partial charge on any atom is -0.383 e. The predicted octanol–water partition coefficient (Wildman–Crippen LogP) is 1.46. The van der Waals surface area contributed by atoms with Crippen LogP contribution in [0.4, 0.5) is 11.6 Å². The van der Waals surface area contributed by atoms with Crippen molar-refractivity contribution in [1.82, 2.24) is 14.9 Å². The molecular weight excluding hydrogens is 242 g/mol. The Labute approximate surface area is 114 Å². The first-order valence-electron chi connectivity index (χ1n) is 6.63. The number of hydrogen-bond acceptors (Lipinski definition) is 5. The minimum absolute atomic E-state index is 0.0527. The van der Waals surface area contributed by atoms with Crippen LogP contribution in [0.25, 0.3) is 0 Å². The molecule has 0 bridgehead atoms. The van der Waals surface area contributed by atoms with Crippen molar-refractivity contribution in [2.24, 2.45) is 0 Å². The van der Waals surface area contributed by atoms with Gasteiger partial charge >= 0.3 is 0 Å². The van der Waals surface area contributed by atoms with Crippen molar-refractivity contribution in [3.8, 4) is 0 Å². The van der Waals surface area contributed by atoms with Gasteiger partial charge in [-0.3, -0.25) is 4.79 Å². The molecule has 0 aliphatic carbocycles. The van der Waals surface area contributed by atoms with E-state index in [1.807, 2.05) is 27.7 Å². The summed E-state index contributed by atoms with van der Waals surface area (Å²) in [5.41, 5.74) is 6.71. The van der Waals surface area contributed by atoms with E-state index in [1.54, 1.807) is 4.90 Å². The predicted molar refractivity (Wildman–Crippen MR) is 77.0 cm³/mol. The quantitative estimate of drug-likeness (QED) is 0.813. The largest absolute Gasteiger partial charge is 0.383 e. The van der Waals surface area contributed by atoms with Gasteiger partial charge < -0.3 is 16.0 Å². The van der Waals surface area contributed by atoms with Crippen LogP contribution in [-0.4, -0.2) is 40.4 Å². The fourth-order valence-corrected chi connectivity index (χ4v) is 1.97. The van der Waals surface area contributed by atoms with Crippen molar-refractivity contribution in [2.45, 2.75) is 33.6 Å². The van der Waals surface area contributed by atoms with Gasteiger partial charge in [0.15, 0.2) is 0 Å². The second-order valence-corrected chi connectivity index (χ2v) is 4.60. The fourth-order valence-electron chi connectivity index (χ4n) is 1.97. The van der Waals surface area contributed by atoms with Gasteiger partial charge in [-0.25, -0.2) is 9.97 Å². The van der Waals surface area contributed by atoms with Crippen molar-refractivity contribution in [3.05, 3.63) is 11.9 Å². The van der Waals surface area contributed by atoms with Gasteiger partial charge in [-0.15, -0.1) is 0 Å². The Morgan fingerprint density at radius 1 is 1.37 bits per heavy atom. The zero-order valence-electron chi connectivity index (χ0n) is 12.1. The van der Waals surface area contributed by atoms with E-state index in [-0.39, 0.29) is 18.4 Å². The van der Waals surface area contributed by atoms with Crippen LogP contribution in [0.1, 0.15) is 39.2 Å². The topological polar surface area (TPSA) is 84.1 Å². The van der Waals surface area contributed by atoms with Gasteiger partial charge in [0.1, 0.15) is 18.0 Å². The number of nitrogens with two attached hydrogens (primary N) is 1. The van der Waals surface area contributed by atoms with Crippen molar-refractivity contribution in [3.63, 3.8) is 0 Å². The lowest BCUT2D eigenvalue weighted by Crippen LogP contribution is -2.35. The van der Waals surface area contributed by atoms with Crippen LogP contribution in [0.15, 0.2) is 6.33 Å². The highest BCUT2D eigenvalue weighted by Gasteiger charge is 2.15. The van der Waals surface area contributed by atoms with Crippen molar-refractivity contribution in [2.75, 3.05) is 30.7 Å². The van der Waals surface area contributed by atoms with Crippen LogP contribution in [0.5, 0.6) is 0 Å². The molecule has 0 fully saturated rings. The molecule has 0 atom stereocenters. The second-order valence-electron chi connectivity index (χ2n) is 4.60. The Morgan fingerprint density at radius 3 is 2.53 bits per heavy atom. The number of carbonyl (C=O) groups excluding carboxylic acids is 1. The number of anilines is 2. The third-order valence-electron chi connectivity index (χ3n) is 3.02. The molecule has 1 amide bonds. The number of carbonyl (C=O) groups is 1. The average molecular weight is 265 g/mol. The van der Waals surface area contributed by atoms with Crippen LogP contribution in [0.2, 0.25) is 0 Å². The van der Waals surface area contributed by atoms with Crippen LogP contribution in [-0.2, 0) is 4.79 Å². The van der Waals surface area contributed by atoms with E-state index in [0.717, 1.165) is 5.56 Å². The zero-order chi connectivity index (χ0) is 14.4. The summed E-state index contributed by atoms with van der Waals surface area (Å²) in [7, 11) is 0. The Morgan fingerprint density at radius 2 is 2.00 bits per heavy atom. The summed E-state index contributed by atoms with van der Waals surface area (Å²) in [5, 5.41) is 3.06. The van der Waals surface area contributed by atoms with E-state index in [1.165, 1.54) is 6.33 Å². The number of amides is 1. The summed E-state index contributed by atoms with van der Waals surface area (Å²) in [6, 6.07) is 0. The molecule has 19 heavy (non-hydrogen) atoms. The fraction of sp³-hybridized carbons (Fsp3) is 0.615. The third-order valence-corrected chi connectivity index (χ3v) is 3.02. The monoisotopic (exact) mass is 265 g/mol. The van der Waals surface area contributed by atoms with E-state index >= 15 is 0 Å². The molecule has 0 aliphatic heterocycles. The molecule has 0 aromatic carbocycles. The SMILES string of the molecule is CCN(CC)C(=O)CNc1ncnc(N)c1C(C)C. The minimum atomic E-state index is 0.0527. The van der Waals surface area contributed by atoms with Gasteiger partial charge in [0.25, 0.3) is 0 Å². The molecular formula is C13H23N5O. The van der Waals surface area contributed by atoms with Crippen LogP contribution in [0, 0.1) is 0 Å². The molecule has 0 saturated heterocycles. The Bertz CT molecular complexity index is 429. The maximum atomic E-state index is 11.9. The van der Waals surface area contributed by atoms with E-state index in [4.69, 9.17) is 5.73 Å². The molecule has 6 nitrogen and oxygen atoms in total. The molecule has 1 heterocycles. The smallest absolute Gasteiger partial charge is 0.241 e. The lowest BCUT2D eigenvalue weighted by atomic mass is 10.0. The normalized spacial score (nSPS) is 10.6. The summed E-state index contributed by atoms with van der Waals surface area (Å²) in [4.78, 5) is 21.9. The van der Waals surface area contributed by atoms with Crippen LogP contribution >= 0.6 is 0 Å². The number of nitrogens with zero attached hydrogens (tertiary/aromatic N) is 3. The first kappa shape index (κ1) is 15.2. The maximum absolute atomic E-state index is 11.9. The highest BCUT2D eigenvalue weighted by Crippen LogP contribution is 2.25. The van der Waals surface area contributed by atoms with E-state index in [2.05, 4.69) is 15.3 Å². The van der Waals surface area contributed by atoms with E-state index < -0.39 is 0 Å². The number of likely N-dealkylation sites (N-methyl/N-ethyl adjacent to an activating group) is 1. The number of nitrogens with one attached hydrogen (secondary N) is 1. The number of rotatable bonds is 6. The lowest BCUT2D eigenvalue weighted by molar-refractivity contribution is -0.128. The van der Waals surface area contributed by atoms with Gasteiger partial charge in [-0.1, -0.05) is 13.8 Å². The van der Waals surface area contributed by atoms with Crippen molar-refractivity contribution in [1.29, 1.82) is 0 Å². The summed E-state index contributed by atoms with van der Waals surface area (Å²) >= 11 is 0. The number of aromatic nitrogens is 2. The Kier molecular flexibility index (Phi) is 5.54. The Hall–Kier alpha value is -1.85. The highest BCUT2D eigenvalue weighted by atomic mass is 16.2. The third kappa shape index (κ3) is 3.81. The van der Waals surface area contributed by atoms with E-state index in [9.17, 15) is 4.79 Å². The molecule has 6 heteroatoms. The lowest BCUT2D eigenvalue weighted by Gasteiger charge is -2.20. The zero-order valence-corrected chi connectivity index (χ0v) is 12.1. The van der Waals surface area contributed by atoms with Gasteiger partial charge in [0.05, 0.1) is 6.54 Å². The van der Waals surface area contributed by atoms with Gasteiger partial charge in [-0.05, 0) is 19.8 Å². The number of hydrogen-bond donors (Lipinski definition) is 2. The molecule has 1 aromatic heterocycles. The number of nitrogen functional groups attached to an aromatic ring is 1. The molecule has 3 N–H and O–H groups in total. The Balaban J connectivity index is 2.78. The molecule has 0 spiro atoms. The van der Waals surface area contributed by atoms with Crippen LogP contribution in [0.3, 0.4) is 0 Å². The molecule has 0 aliphatic rings. The molecule has 0 unspecified atom stereocenters. The summed E-state index contributed by atoms with van der Waals surface area (Å²) in [6.45, 7) is 9.60. The summed E-state index contributed by atoms with van der Waals surface area (Å²) < 4.78 is 0. The molecule has 1 aromatic rings. The summed E-state index contributed by atoms with van der Waals surface area (Å²) in [6.07, 6.45) is 1.41. The highest BCUT2D eigenvalue weighted by molar-refractivity contribution is 5.81. The standard InChI is InChI=1S/C13H23N5O/c1-5-18(6-2)10(19)7-15-13-11(9(3)4)12(14)16-8-17-13/h8-9H,5-7H2,1-4H3,(H3,14,15,16,17). The molecule has 0 saturated carbocycles. The average Bonchev–Trinajstić information content (AvgIpc) is 2.37. The van der Waals surface area contributed by atoms with Crippen molar-refractivity contribution < 1.29 is 4.79 Å². The summed E-state index contributed by atoms with van der Waals surface area (Å²) in [5.74, 6) is 1.36. The van der Waals surface area contributed by atoms with Gasteiger partial charge in [0.2, 0.25) is 5.91 Å². The maximum Gasteiger partial charge on any atom is 0.241 e.